The molecule has 1 amide bonds. The van der Waals surface area contributed by atoms with Gasteiger partial charge in [0.2, 0.25) is 0 Å². The fourth-order valence-corrected chi connectivity index (χ4v) is 4.30. The second-order valence-corrected chi connectivity index (χ2v) is 8.27. The van der Waals surface area contributed by atoms with Gasteiger partial charge < -0.3 is 4.90 Å². The van der Waals surface area contributed by atoms with Gasteiger partial charge in [-0.15, -0.1) is 0 Å². The van der Waals surface area contributed by atoms with Crippen molar-refractivity contribution in [3.05, 3.63) is 108 Å². The van der Waals surface area contributed by atoms with E-state index >= 15 is 0 Å². The molecule has 1 saturated heterocycles. The number of aromatic nitrogens is 4. The van der Waals surface area contributed by atoms with Crippen LogP contribution in [0.1, 0.15) is 46.1 Å². The van der Waals surface area contributed by atoms with Crippen molar-refractivity contribution in [1.82, 2.24) is 24.6 Å². The first-order valence-corrected chi connectivity index (χ1v) is 11.1. The summed E-state index contributed by atoms with van der Waals surface area (Å²) in [7, 11) is 0. The second-order valence-electron chi connectivity index (χ2n) is 8.27. The van der Waals surface area contributed by atoms with Gasteiger partial charge in [-0.05, 0) is 54.8 Å². The highest BCUT2D eigenvalue weighted by Crippen LogP contribution is 2.27. The number of hydrogen-bond donors (Lipinski definition) is 0. The normalized spacial score (nSPS) is 16.0. The van der Waals surface area contributed by atoms with Gasteiger partial charge in [0.1, 0.15) is 5.82 Å². The largest absolute Gasteiger partial charge is 0.338 e. The molecule has 1 aromatic carbocycles. The zero-order chi connectivity index (χ0) is 22.6. The van der Waals surface area contributed by atoms with Crippen molar-refractivity contribution in [3.63, 3.8) is 0 Å². The topological polar surface area (TPSA) is 63.9 Å². The van der Waals surface area contributed by atoms with Crippen LogP contribution in [0.15, 0.2) is 79.3 Å². The van der Waals surface area contributed by atoms with Crippen LogP contribution in [0, 0.1) is 5.82 Å². The van der Waals surface area contributed by atoms with E-state index in [1.807, 2.05) is 41.4 Å². The molecular formula is C26H24FN5O. The Balaban J connectivity index is 1.29. The first kappa shape index (κ1) is 21.0. The monoisotopic (exact) mass is 441 g/mol. The van der Waals surface area contributed by atoms with E-state index in [2.05, 4.69) is 10.1 Å². The van der Waals surface area contributed by atoms with Gasteiger partial charge in [-0.3, -0.25) is 9.78 Å². The highest BCUT2D eigenvalue weighted by molar-refractivity contribution is 5.94. The third kappa shape index (κ3) is 4.67. The van der Waals surface area contributed by atoms with E-state index in [0.29, 0.717) is 36.5 Å². The molecule has 166 valence electrons. The molecular weight excluding hydrogens is 417 g/mol. The van der Waals surface area contributed by atoms with Gasteiger partial charge in [0.25, 0.3) is 5.91 Å². The summed E-state index contributed by atoms with van der Waals surface area (Å²) >= 11 is 0. The van der Waals surface area contributed by atoms with Crippen LogP contribution >= 0.6 is 0 Å². The molecule has 0 saturated carbocycles. The molecule has 0 aliphatic carbocycles. The molecule has 7 heteroatoms. The zero-order valence-electron chi connectivity index (χ0n) is 18.1. The van der Waals surface area contributed by atoms with E-state index in [0.717, 1.165) is 24.2 Å². The summed E-state index contributed by atoms with van der Waals surface area (Å²) < 4.78 is 15.7. The Labute approximate surface area is 191 Å². The number of amides is 1. The summed E-state index contributed by atoms with van der Waals surface area (Å²) in [4.78, 5) is 24.2. The molecule has 4 aromatic rings. The predicted octanol–water partition coefficient (Wildman–Crippen LogP) is 4.41. The minimum absolute atomic E-state index is 0.0262. The Morgan fingerprint density at radius 3 is 2.76 bits per heavy atom. The molecule has 1 aliphatic rings. The van der Waals surface area contributed by atoms with Gasteiger partial charge >= 0.3 is 0 Å². The average molecular weight is 442 g/mol. The van der Waals surface area contributed by atoms with Gasteiger partial charge in [0.05, 0.1) is 5.56 Å². The van der Waals surface area contributed by atoms with Crippen LogP contribution in [0.3, 0.4) is 0 Å². The summed E-state index contributed by atoms with van der Waals surface area (Å²) in [5, 5.41) is 4.16. The fraction of sp³-hybridized carbons (Fsp3) is 0.231. The molecule has 0 bridgehead atoms. The van der Waals surface area contributed by atoms with Gasteiger partial charge in [-0.1, -0.05) is 24.3 Å². The van der Waals surface area contributed by atoms with Crippen molar-refractivity contribution < 1.29 is 9.18 Å². The number of hydrogen-bond acceptors (Lipinski definition) is 4. The van der Waals surface area contributed by atoms with Crippen molar-refractivity contribution in [2.24, 2.45) is 0 Å². The van der Waals surface area contributed by atoms with E-state index in [1.165, 1.54) is 6.07 Å². The molecule has 1 unspecified atom stereocenters. The lowest BCUT2D eigenvalue weighted by atomic mass is 9.93. The summed E-state index contributed by atoms with van der Waals surface area (Å²) in [6.07, 6.45) is 7.44. The molecule has 0 radical (unpaired) electrons. The Bertz CT molecular complexity index is 1240. The smallest absolute Gasteiger partial charge is 0.255 e. The maximum absolute atomic E-state index is 14.1. The molecule has 1 fully saturated rings. The molecule has 0 N–H and O–H groups in total. The van der Waals surface area contributed by atoms with Gasteiger partial charge in [0, 0.05) is 55.4 Å². The van der Waals surface area contributed by atoms with Gasteiger partial charge in [-0.2, -0.15) is 5.10 Å². The molecule has 4 heterocycles. The molecule has 0 spiro atoms. The minimum Gasteiger partial charge on any atom is -0.338 e. The van der Waals surface area contributed by atoms with Crippen molar-refractivity contribution >= 4 is 5.91 Å². The lowest BCUT2D eigenvalue weighted by Crippen LogP contribution is -2.39. The van der Waals surface area contributed by atoms with Crippen LogP contribution in [-0.4, -0.2) is 43.6 Å². The quantitative estimate of drug-likeness (QED) is 0.460. The van der Waals surface area contributed by atoms with Crippen molar-refractivity contribution in [3.8, 4) is 5.82 Å². The number of halogens is 1. The van der Waals surface area contributed by atoms with Crippen LogP contribution in [0.5, 0.6) is 0 Å². The standard InChI is InChI=1S/C26H24FN5O/c27-23-9-2-1-6-19(23)16-22-8-3-10-24(30-22)21-7-4-14-31(18-21)26(33)20-11-12-25(28-17-20)32-15-5-13-29-32/h1-3,5-6,8-13,15,17,21H,4,7,14,16,18H2. The maximum Gasteiger partial charge on any atom is 0.255 e. The first-order valence-electron chi connectivity index (χ1n) is 11.1. The lowest BCUT2D eigenvalue weighted by Gasteiger charge is -2.32. The average Bonchev–Trinajstić information content (AvgIpc) is 3.41. The van der Waals surface area contributed by atoms with Crippen LogP contribution < -0.4 is 0 Å². The number of carbonyl (C=O) groups excluding carboxylic acids is 1. The third-order valence-electron chi connectivity index (χ3n) is 6.02. The van der Waals surface area contributed by atoms with Crippen LogP contribution in [0.2, 0.25) is 0 Å². The first-order chi connectivity index (χ1) is 16.2. The van der Waals surface area contributed by atoms with E-state index < -0.39 is 0 Å². The molecule has 1 atom stereocenters. The van der Waals surface area contributed by atoms with Crippen molar-refractivity contribution in [1.29, 1.82) is 0 Å². The molecule has 3 aromatic heterocycles. The number of carbonyl (C=O) groups is 1. The highest BCUT2D eigenvalue weighted by atomic mass is 19.1. The number of benzene rings is 1. The van der Waals surface area contributed by atoms with Crippen LogP contribution in [-0.2, 0) is 6.42 Å². The SMILES string of the molecule is O=C(c1ccc(-n2cccn2)nc1)N1CCCC(c2cccc(Cc3ccccc3F)n2)C1. The second kappa shape index (κ2) is 9.32. The van der Waals surface area contributed by atoms with Crippen molar-refractivity contribution in [2.75, 3.05) is 13.1 Å². The molecule has 5 rings (SSSR count). The fourth-order valence-electron chi connectivity index (χ4n) is 4.30. The number of nitrogens with zero attached hydrogens (tertiary/aromatic N) is 5. The van der Waals surface area contributed by atoms with Crippen LogP contribution in [0.4, 0.5) is 4.39 Å². The summed E-state index contributed by atoms with van der Waals surface area (Å²) in [5.74, 6) is 0.580. The number of likely N-dealkylation sites (tertiary alicyclic amines) is 1. The molecule has 1 aliphatic heterocycles. The van der Waals surface area contributed by atoms with E-state index in [-0.39, 0.29) is 17.6 Å². The maximum atomic E-state index is 14.1. The number of pyridine rings is 2. The molecule has 6 nitrogen and oxygen atoms in total. The number of piperidine rings is 1. The Morgan fingerprint density at radius 1 is 1.06 bits per heavy atom. The van der Waals surface area contributed by atoms with Gasteiger partial charge in [-0.25, -0.2) is 14.1 Å². The minimum atomic E-state index is -0.216. The summed E-state index contributed by atoms with van der Waals surface area (Å²) in [5.41, 5.74) is 2.98. The summed E-state index contributed by atoms with van der Waals surface area (Å²) in [6, 6.07) is 18.1. The Hall–Kier alpha value is -3.87. The zero-order valence-corrected chi connectivity index (χ0v) is 18.1. The lowest BCUT2D eigenvalue weighted by molar-refractivity contribution is 0.0705. The Morgan fingerprint density at radius 2 is 1.97 bits per heavy atom. The van der Waals surface area contributed by atoms with Crippen LogP contribution in [0.25, 0.3) is 5.82 Å². The Kier molecular flexibility index (Phi) is 5.93. The van der Waals surface area contributed by atoms with E-state index in [1.54, 1.807) is 41.3 Å². The van der Waals surface area contributed by atoms with Crippen molar-refractivity contribution in [2.45, 2.75) is 25.2 Å². The van der Waals surface area contributed by atoms with E-state index in [4.69, 9.17) is 4.98 Å². The summed E-state index contributed by atoms with van der Waals surface area (Å²) in [6.45, 7) is 1.32. The highest BCUT2D eigenvalue weighted by Gasteiger charge is 2.26. The molecule has 33 heavy (non-hydrogen) atoms. The van der Waals surface area contributed by atoms with Gasteiger partial charge in [0.15, 0.2) is 5.82 Å². The number of rotatable bonds is 5. The third-order valence-corrected chi connectivity index (χ3v) is 6.02. The predicted molar refractivity (Wildman–Crippen MR) is 123 cm³/mol. The van der Waals surface area contributed by atoms with E-state index in [9.17, 15) is 9.18 Å².